The van der Waals surface area contributed by atoms with Gasteiger partial charge in [-0.1, -0.05) is 77.3 Å². The number of halogens is 3. The number of benzene rings is 1. The zero-order valence-corrected chi connectivity index (χ0v) is 13.9. The highest BCUT2D eigenvalue weighted by molar-refractivity contribution is 6.71. The molecule has 0 saturated heterocycles. The highest BCUT2D eigenvalue weighted by Crippen LogP contribution is 2.34. The first kappa shape index (κ1) is 16.1. The average molecular weight is 324 g/mol. The van der Waals surface area contributed by atoms with Gasteiger partial charge < -0.3 is 4.43 Å². The molecular formula is C13H17Cl3OSi. The van der Waals surface area contributed by atoms with Crippen LogP contribution in [-0.4, -0.2) is 18.2 Å². The monoisotopic (exact) mass is 322 g/mol. The maximum Gasteiger partial charge on any atom is 0.218 e. The molecule has 1 nitrogen and oxygen atoms in total. The molecule has 100 valence electrons. The Balaban J connectivity index is 2.83. The fraction of sp³-hybridized carbons (Fsp3) is 0.385. The summed E-state index contributed by atoms with van der Waals surface area (Å²) < 4.78 is 4.43. The molecule has 0 aromatic heterocycles. The van der Waals surface area contributed by atoms with Crippen LogP contribution in [0, 0.1) is 0 Å². The van der Waals surface area contributed by atoms with Crippen LogP contribution in [0.25, 0.3) is 6.08 Å². The molecule has 0 N–H and O–H groups in total. The number of hydrogen-bond acceptors (Lipinski definition) is 1. The maximum atomic E-state index is 5.95. The van der Waals surface area contributed by atoms with Gasteiger partial charge in [0.05, 0.1) is 0 Å². The van der Waals surface area contributed by atoms with E-state index in [9.17, 15) is 0 Å². The first-order chi connectivity index (χ1) is 8.18. The highest BCUT2D eigenvalue weighted by atomic mass is 35.6. The molecule has 1 aromatic rings. The Morgan fingerprint density at radius 1 is 1.11 bits per heavy atom. The van der Waals surface area contributed by atoms with Gasteiger partial charge in [0, 0.05) is 0 Å². The van der Waals surface area contributed by atoms with Crippen LogP contribution in [0.1, 0.15) is 5.56 Å². The summed E-state index contributed by atoms with van der Waals surface area (Å²) in [5.74, 6) is 0. The van der Waals surface area contributed by atoms with Gasteiger partial charge in [0.25, 0.3) is 0 Å². The normalized spacial score (nSPS) is 15.0. The minimum absolute atomic E-state index is 0.533. The van der Waals surface area contributed by atoms with Gasteiger partial charge in [-0.25, -0.2) is 0 Å². The molecule has 0 spiro atoms. The van der Waals surface area contributed by atoms with Crippen molar-refractivity contribution in [1.29, 1.82) is 0 Å². The molecular weight excluding hydrogens is 307 g/mol. The van der Waals surface area contributed by atoms with E-state index in [1.165, 1.54) is 0 Å². The number of alkyl halides is 3. The second-order valence-electron chi connectivity index (χ2n) is 4.96. The summed E-state index contributed by atoms with van der Waals surface area (Å²) in [5, 5.41) is 0. The molecule has 1 aromatic carbocycles. The molecule has 1 rings (SSSR count). The molecule has 0 aliphatic rings. The Hall–Kier alpha value is 0.00688. The molecule has 0 fully saturated rings. The van der Waals surface area contributed by atoms with E-state index in [4.69, 9.17) is 39.2 Å². The molecule has 0 aliphatic carbocycles. The Kier molecular flexibility index (Phi) is 5.75. The van der Waals surface area contributed by atoms with Crippen LogP contribution in [0.3, 0.4) is 0 Å². The van der Waals surface area contributed by atoms with Gasteiger partial charge in [0.2, 0.25) is 3.79 Å². The minimum atomic E-state index is -1.77. The van der Waals surface area contributed by atoms with E-state index in [1.807, 2.05) is 36.4 Å². The van der Waals surface area contributed by atoms with E-state index >= 15 is 0 Å². The van der Waals surface area contributed by atoms with E-state index in [2.05, 4.69) is 19.6 Å². The Morgan fingerprint density at radius 3 is 2.11 bits per heavy atom. The van der Waals surface area contributed by atoms with E-state index in [0.29, 0.717) is 0 Å². The third-order valence-corrected chi connectivity index (χ3v) is 3.67. The van der Waals surface area contributed by atoms with Crippen molar-refractivity contribution in [2.45, 2.75) is 29.5 Å². The highest BCUT2D eigenvalue weighted by Gasteiger charge is 2.34. The molecule has 5 heteroatoms. The Morgan fingerprint density at radius 2 is 1.67 bits per heavy atom. The zero-order valence-electron chi connectivity index (χ0n) is 10.7. The van der Waals surface area contributed by atoms with Crippen LogP contribution in [0.4, 0.5) is 0 Å². The molecule has 1 unspecified atom stereocenters. The smallest absolute Gasteiger partial charge is 0.218 e. The van der Waals surface area contributed by atoms with Crippen molar-refractivity contribution in [3.05, 3.63) is 42.0 Å². The SMILES string of the molecule is C[Si](C)(C)OC(/C=C/c1ccccc1)C(Cl)(Cl)Cl. The van der Waals surface area contributed by atoms with Crippen molar-refractivity contribution in [2.75, 3.05) is 0 Å². The second-order valence-corrected chi connectivity index (χ2v) is 11.8. The Bertz CT molecular complexity index is 393. The predicted octanol–water partition coefficient (Wildman–Crippen LogP) is 5.29. The van der Waals surface area contributed by atoms with Gasteiger partial charge >= 0.3 is 0 Å². The van der Waals surface area contributed by atoms with Crippen LogP contribution in [0.5, 0.6) is 0 Å². The third kappa shape index (κ3) is 6.25. The standard InChI is InChI=1S/C13H17Cl3OSi/c1-18(2,3)17-12(13(14,15)16)10-9-11-7-5-4-6-8-11/h4-10,12H,1-3H3/b10-9+. The summed E-state index contributed by atoms with van der Waals surface area (Å²) in [6.07, 6.45) is 3.18. The lowest BCUT2D eigenvalue weighted by Gasteiger charge is -2.29. The molecule has 0 radical (unpaired) electrons. The van der Waals surface area contributed by atoms with Crippen LogP contribution in [-0.2, 0) is 4.43 Å². The van der Waals surface area contributed by atoms with Gasteiger partial charge in [0.1, 0.15) is 6.10 Å². The first-order valence-corrected chi connectivity index (χ1v) is 10.2. The van der Waals surface area contributed by atoms with Gasteiger partial charge in [-0.3, -0.25) is 0 Å². The van der Waals surface area contributed by atoms with Crippen molar-refractivity contribution in [1.82, 2.24) is 0 Å². The molecule has 0 amide bonds. The molecule has 0 saturated carbocycles. The predicted molar refractivity (Wildman–Crippen MR) is 84.0 cm³/mol. The van der Waals surface area contributed by atoms with Crippen LogP contribution < -0.4 is 0 Å². The van der Waals surface area contributed by atoms with Gasteiger partial charge in [0.15, 0.2) is 8.32 Å². The van der Waals surface area contributed by atoms with Crippen molar-refractivity contribution < 1.29 is 4.43 Å². The lowest BCUT2D eigenvalue weighted by molar-refractivity contribution is 0.247. The van der Waals surface area contributed by atoms with Crippen molar-refractivity contribution in [3.63, 3.8) is 0 Å². The topological polar surface area (TPSA) is 9.23 Å². The summed E-state index contributed by atoms with van der Waals surface area (Å²) in [7, 11) is -1.77. The van der Waals surface area contributed by atoms with E-state index in [0.717, 1.165) is 5.56 Å². The van der Waals surface area contributed by atoms with Crippen molar-refractivity contribution in [3.8, 4) is 0 Å². The van der Waals surface area contributed by atoms with E-state index in [1.54, 1.807) is 6.08 Å². The second kappa shape index (κ2) is 6.44. The van der Waals surface area contributed by atoms with Crippen LogP contribution in [0.2, 0.25) is 19.6 Å². The lowest BCUT2D eigenvalue weighted by Crippen LogP contribution is -2.38. The average Bonchev–Trinajstić information content (AvgIpc) is 2.22. The number of rotatable bonds is 4. The summed E-state index contributed by atoms with van der Waals surface area (Å²) >= 11 is 17.8. The fourth-order valence-electron chi connectivity index (χ4n) is 1.36. The van der Waals surface area contributed by atoms with Gasteiger partial charge in [-0.05, 0) is 25.2 Å². The zero-order chi connectivity index (χ0) is 13.8. The number of hydrogen-bond donors (Lipinski definition) is 0. The van der Waals surface area contributed by atoms with E-state index < -0.39 is 18.2 Å². The molecule has 0 heterocycles. The summed E-state index contributed by atoms with van der Waals surface area (Å²) in [5.41, 5.74) is 1.05. The first-order valence-electron chi connectivity index (χ1n) is 5.66. The summed E-state index contributed by atoms with van der Waals surface area (Å²) in [6, 6.07) is 9.86. The van der Waals surface area contributed by atoms with Gasteiger partial charge in [-0.15, -0.1) is 0 Å². The Labute approximate surface area is 125 Å². The molecule has 18 heavy (non-hydrogen) atoms. The summed E-state index contributed by atoms with van der Waals surface area (Å²) in [6.45, 7) is 6.19. The van der Waals surface area contributed by atoms with Crippen molar-refractivity contribution >= 4 is 49.2 Å². The minimum Gasteiger partial charge on any atom is -0.407 e. The van der Waals surface area contributed by atoms with Gasteiger partial charge in [-0.2, -0.15) is 0 Å². The fourth-order valence-corrected chi connectivity index (χ4v) is 2.95. The van der Waals surface area contributed by atoms with Crippen molar-refractivity contribution in [2.24, 2.45) is 0 Å². The third-order valence-electron chi connectivity index (χ3n) is 2.07. The molecule has 1 atom stereocenters. The summed E-state index contributed by atoms with van der Waals surface area (Å²) in [4.78, 5) is 0. The molecule has 0 bridgehead atoms. The largest absolute Gasteiger partial charge is 0.407 e. The lowest BCUT2D eigenvalue weighted by atomic mass is 10.2. The van der Waals surface area contributed by atoms with Crippen LogP contribution >= 0.6 is 34.8 Å². The quantitative estimate of drug-likeness (QED) is 0.540. The molecule has 0 aliphatic heterocycles. The van der Waals surface area contributed by atoms with Crippen LogP contribution in [0.15, 0.2) is 36.4 Å². The van der Waals surface area contributed by atoms with E-state index in [-0.39, 0.29) is 0 Å². The maximum absolute atomic E-state index is 5.95.